The average molecular weight is 183 g/mol. The van der Waals surface area contributed by atoms with E-state index in [4.69, 9.17) is 9.47 Å². The minimum atomic E-state index is 0.598. The van der Waals surface area contributed by atoms with E-state index in [9.17, 15) is 0 Å². The monoisotopic (exact) mass is 183 g/mol. The van der Waals surface area contributed by atoms with Gasteiger partial charge in [-0.15, -0.1) is 0 Å². The van der Waals surface area contributed by atoms with Gasteiger partial charge in [-0.25, -0.2) is 0 Å². The molecule has 2 nitrogen and oxygen atoms in total. The first-order valence-electron chi connectivity index (χ1n) is 4.42. The van der Waals surface area contributed by atoms with E-state index in [1.54, 1.807) is 6.61 Å². The molecule has 0 amide bonds. The van der Waals surface area contributed by atoms with E-state index in [1.165, 1.54) is 0 Å². The SMILES string of the molecule is C=C(C)CO[CH]CCOCC(=C)C. The first-order valence-corrected chi connectivity index (χ1v) is 4.42. The Morgan fingerprint density at radius 3 is 2.31 bits per heavy atom. The Morgan fingerprint density at radius 2 is 1.77 bits per heavy atom. The molecule has 0 atom stereocenters. The van der Waals surface area contributed by atoms with Gasteiger partial charge in [-0.1, -0.05) is 24.3 Å². The van der Waals surface area contributed by atoms with Crippen molar-refractivity contribution in [3.8, 4) is 0 Å². The van der Waals surface area contributed by atoms with Crippen molar-refractivity contribution in [2.45, 2.75) is 20.3 Å². The van der Waals surface area contributed by atoms with Crippen molar-refractivity contribution < 1.29 is 9.47 Å². The Bertz CT molecular complexity index is 143. The second-order valence-corrected chi connectivity index (χ2v) is 3.23. The zero-order valence-electron chi connectivity index (χ0n) is 8.64. The van der Waals surface area contributed by atoms with Crippen molar-refractivity contribution in [2.24, 2.45) is 0 Å². The molecular weight excluding hydrogens is 164 g/mol. The van der Waals surface area contributed by atoms with Crippen LogP contribution in [0.2, 0.25) is 0 Å². The Balaban J connectivity index is 3.00. The molecule has 0 N–H and O–H groups in total. The summed E-state index contributed by atoms with van der Waals surface area (Å²) in [5.41, 5.74) is 2.07. The summed E-state index contributed by atoms with van der Waals surface area (Å²) in [4.78, 5) is 0. The summed E-state index contributed by atoms with van der Waals surface area (Å²) in [5, 5.41) is 0. The summed E-state index contributed by atoms with van der Waals surface area (Å²) in [7, 11) is 0. The van der Waals surface area contributed by atoms with Crippen LogP contribution in [0.3, 0.4) is 0 Å². The van der Waals surface area contributed by atoms with E-state index in [0.717, 1.165) is 17.6 Å². The lowest BCUT2D eigenvalue weighted by Crippen LogP contribution is -1.99. The van der Waals surface area contributed by atoms with Crippen molar-refractivity contribution >= 4 is 0 Å². The Hall–Kier alpha value is -0.600. The molecule has 0 saturated heterocycles. The van der Waals surface area contributed by atoms with Gasteiger partial charge in [-0.05, 0) is 20.3 Å². The maximum atomic E-state index is 5.27. The van der Waals surface area contributed by atoms with Gasteiger partial charge < -0.3 is 9.47 Å². The lowest BCUT2D eigenvalue weighted by Gasteiger charge is -2.04. The fourth-order valence-electron chi connectivity index (χ4n) is 0.662. The Labute approximate surface area is 81.2 Å². The normalized spacial score (nSPS) is 10.0. The van der Waals surface area contributed by atoms with Gasteiger partial charge in [0.05, 0.1) is 19.8 Å². The molecule has 0 bridgehead atoms. The lowest BCUT2D eigenvalue weighted by molar-refractivity contribution is 0.133. The Morgan fingerprint density at radius 1 is 1.15 bits per heavy atom. The van der Waals surface area contributed by atoms with Crippen LogP contribution in [-0.4, -0.2) is 19.8 Å². The smallest absolute Gasteiger partial charge is 0.0864 e. The van der Waals surface area contributed by atoms with Crippen LogP contribution in [-0.2, 0) is 9.47 Å². The number of rotatable bonds is 8. The molecule has 2 heteroatoms. The molecule has 1 radical (unpaired) electrons. The van der Waals surface area contributed by atoms with E-state index in [1.807, 2.05) is 13.8 Å². The van der Waals surface area contributed by atoms with E-state index < -0.39 is 0 Å². The first kappa shape index (κ1) is 12.4. The predicted octanol–water partition coefficient (Wildman–Crippen LogP) is 2.72. The molecule has 0 saturated carbocycles. The van der Waals surface area contributed by atoms with E-state index in [2.05, 4.69) is 13.2 Å². The van der Waals surface area contributed by atoms with Crippen LogP contribution in [0, 0.1) is 6.61 Å². The minimum absolute atomic E-state index is 0.598. The molecule has 0 aromatic rings. The van der Waals surface area contributed by atoms with Gasteiger partial charge >= 0.3 is 0 Å². The highest BCUT2D eigenvalue weighted by atomic mass is 16.5. The van der Waals surface area contributed by atoms with Crippen molar-refractivity contribution in [3.63, 3.8) is 0 Å². The van der Waals surface area contributed by atoms with Crippen molar-refractivity contribution in [3.05, 3.63) is 30.9 Å². The van der Waals surface area contributed by atoms with Crippen LogP contribution in [0.15, 0.2) is 24.3 Å². The fraction of sp³-hybridized carbons (Fsp3) is 0.545. The van der Waals surface area contributed by atoms with Gasteiger partial charge in [0.25, 0.3) is 0 Å². The molecule has 0 fully saturated rings. The zero-order chi connectivity index (χ0) is 10.1. The summed E-state index contributed by atoms with van der Waals surface area (Å²) in [5.74, 6) is 0. The van der Waals surface area contributed by atoms with Crippen LogP contribution in [0.1, 0.15) is 20.3 Å². The molecule has 13 heavy (non-hydrogen) atoms. The third-order valence-corrected chi connectivity index (χ3v) is 1.18. The quantitative estimate of drug-likeness (QED) is 0.425. The van der Waals surface area contributed by atoms with Gasteiger partial charge in [0, 0.05) is 6.61 Å². The minimum Gasteiger partial charge on any atom is -0.377 e. The summed E-state index contributed by atoms with van der Waals surface area (Å²) in [6, 6.07) is 0. The first-order chi connectivity index (χ1) is 6.13. The molecule has 0 aliphatic heterocycles. The highest BCUT2D eigenvalue weighted by Crippen LogP contribution is 1.96. The zero-order valence-corrected chi connectivity index (χ0v) is 8.64. The van der Waals surface area contributed by atoms with Gasteiger partial charge in [0.2, 0.25) is 0 Å². The predicted molar refractivity (Wildman–Crippen MR) is 55.3 cm³/mol. The topological polar surface area (TPSA) is 18.5 Å². The van der Waals surface area contributed by atoms with Crippen LogP contribution >= 0.6 is 0 Å². The van der Waals surface area contributed by atoms with Crippen molar-refractivity contribution in [1.29, 1.82) is 0 Å². The summed E-state index contributed by atoms with van der Waals surface area (Å²) in [6.07, 6.45) is 0.806. The summed E-state index contributed by atoms with van der Waals surface area (Å²) < 4.78 is 10.4. The van der Waals surface area contributed by atoms with Gasteiger partial charge in [-0.2, -0.15) is 0 Å². The molecule has 0 spiro atoms. The fourth-order valence-corrected chi connectivity index (χ4v) is 0.662. The maximum absolute atomic E-state index is 5.27. The third-order valence-electron chi connectivity index (χ3n) is 1.18. The third kappa shape index (κ3) is 11.4. The van der Waals surface area contributed by atoms with E-state index in [-0.39, 0.29) is 0 Å². The largest absolute Gasteiger partial charge is 0.377 e. The molecule has 0 rings (SSSR count). The molecule has 0 aromatic heterocycles. The van der Waals surface area contributed by atoms with Crippen molar-refractivity contribution in [1.82, 2.24) is 0 Å². The molecule has 0 unspecified atom stereocenters. The summed E-state index contributed by atoms with van der Waals surface area (Å²) in [6.45, 7) is 15.0. The molecule has 0 aromatic carbocycles. The van der Waals surface area contributed by atoms with E-state index in [0.29, 0.717) is 19.8 Å². The second kappa shape index (κ2) is 8.02. The molecule has 0 heterocycles. The van der Waals surface area contributed by atoms with Crippen LogP contribution < -0.4 is 0 Å². The summed E-state index contributed by atoms with van der Waals surface area (Å²) >= 11 is 0. The van der Waals surface area contributed by atoms with Crippen LogP contribution in [0.25, 0.3) is 0 Å². The number of hydrogen-bond donors (Lipinski definition) is 0. The lowest BCUT2D eigenvalue weighted by atomic mass is 10.4. The van der Waals surface area contributed by atoms with E-state index >= 15 is 0 Å². The highest BCUT2D eigenvalue weighted by molar-refractivity contribution is 4.88. The van der Waals surface area contributed by atoms with Gasteiger partial charge in [0.1, 0.15) is 0 Å². The van der Waals surface area contributed by atoms with Crippen molar-refractivity contribution in [2.75, 3.05) is 19.8 Å². The highest BCUT2D eigenvalue weighted by Gasteiger charge is 1.91. The van der Waals surface area contributed by atoms with Gasteiger partial charge in [-0.3, -0.25) is 0 Å². The van der Waals surface area contributed by atoms with Gasteiger partial charge in [0.15, 0.2) is 0 Å². The molecule has 75 valence electrons. The molecular formula is C11H19O2. The number of ether oxygens (including phenoxy) is 2. The second-order valence-electron chi connectivity index (χ2n) is 3.23. The maximum Gasteiger partial charge on any atom is 0.0864 e. The van der Waals surface area contributed by atoms with Crippen LogP contribution in [0.4, 0.5) is 0 Å². The number of hydrogen-bond acceptors (Lipinski definition) is 2. The average Bonchev–Trinajstić information content (AvgIpc) is 2.01. The molecule has 0 aliphatic rings. The standard InChI is InChI=1S/C11H19O2/c1-10(2)8-12-6-5-7-13-9-11(3)4/h6H,1,3,5,7-9H2,2,4H3. The molecule has 0 aliphatic carbocycles. The van der Waals surface area contributed by atoms with Crippen LogP contribution in [0.5, 0.6) is 0 Å². The Kier molecular flexibility index (Phi) is 7.65.